The lowest BCUT2D eigenvalue weighted by molar-refractivity contribution is 0.218. The smallest absolute Gasteiger partial charge is 0.134 e. The lowest BCUT2D eigenvalue weighted by atomic mass is 9.90. The van der Waals surface area contributed by atoms with Crippen LogP contribution in [-0.4, -0.2) is 29.6 Å². The zero-order valence-corrected chi connectivity index (χ0v) is 8.67. The molecule has 0 radical (unpaired) electrons. The van der Waals surface area contributed by atoms with Crippen molar-refractivity contribution in [3.8, 4) is 0 Å². The van der Waals surface area contributed by atoms with Gasteiger partial charge in [0.1, 0.15) is 6.67 Å². The zero-order chi connectivity index (χ0) is 10.5. The third-order valence-electron chi connectivity index (χ3n) is 3.02. The summed E-state index contributed by atoms with van der Waals surface area (Å²) in [4.78, 5) is 16.2. The Kier molecular flexibility index (Phi) is 3.40. The van der Waals surface area contributed by atoms with E-state index >= 15 is 0 Å². The Balaban J connectivity index is 1.91. The summed E-state index contributed by atoms with van der Waals surface area (Å²) in [6, 6.07) is 4.16. The molecule has 4 heteroatoms. The molecule has 2 heterocycles. The molecule has 1 aliphatic rings. The molecule has 4 nitrogen and oxygen atoms in total. The summed E-state index contributed by atoms with van der Waals surface area (Å²) < 4.78 is 0. The van der Waals surface area contributed by atoms with E-state index in [2.05, 4.69) is 27.2 Å². The third kappa shape index (κ3) is 2.59. The van der Waals surface area contributed by atoms with E-state index in [9.17, 15) is 4.91 Å². The van der Waals surface area contributed by atoms with Crippen LogP contribution < -0.4 is 0 Å². The molecule has 80 valence electrons. The van der Waals surface area contributed by atoms with Gasteiger partial charge < -0.3 is 0 Å². The van der Waals surface area contributed by atoms with Crippen LogP contribution in [0, 0.1) is 4.91 Å². The summed E-state index contributed by atoms with van der Waals surface area (Å²) in [6.45, 7) is 2.28. The minimum absolute atomic E-state index is 0.336. The van der Waals surface area contributed by atoms with Gasteiger partial charge in [0.25, 0.3) is 0 Å². The largest absolute Gasteiger partial charge is 0.281 e. The predicted molar refractivity (Wildman–Crippen MR) is 58.4 cm³/mol. The van der Waals surface area contributed by atoms with E-state index in [0.29, 0.717) is 12.6 Å². The Morgan fingerprint density at radius 1 is 1.33 bits per heavy atom. The summed E-state index contributed by atoms with van der Waals surface area (Å²) >= 11 is 0. The average Bonchev–Trinajstić information content (AvgIpc) is 2.32. The number of nitrogens with zero attached hydrogens (tertiary/aromatic N) is 3. The molecule has 1 saturated heterocycles. The molecule has 0 spiro atoms. The van der Waals surface area contributed by atoms with E-state index in [1.165, 1.54) is 5.56 Å². The zero-order valence-electron chi connectivity index (χ0n) is 8.67. The maximum atomic E-state index is 10.1. The predicted octanol–water partition coefficient (Wildman–Crippen LogP) is 1.98. The van der Waals surface area contributed by atoms with Gasteiger partial charge in [0.15, 0.2) is 0 Å². The highest BCUT2D eigenvalue weighted by atomic mass is 16.3. The van der Waals surface area contributed by atoms with Crippen molar-refractivity contribution in [1.82, 2.24) is 9.88 Å². The summed E-state index contributed by atoms with van der Waals surface area (Å²) in [5, 5.41) is 2.92. The second-order valence-electron chi connectivity index (χ2n) is 3.94. The lowest BCUT2D eigenvalue weighted by Crippen LogP contribution is -2.32. The summed E-state index contributed by atoms with van der Waals surface area (Å²) in [5.74, 6) is 0.621. The van der Waals surface area contributed by atoms with Crippen LogP contribution in [0.3, 0.4) is 0 Å². The van der Waals surface area contributed by atoms with Crippen molar-refractivity contribution >= 4 is 0 Å². The van der Waals surface area contributed by atoms with Crippen molar-refractivity contribution in [3.05, 3.63) is 35.0 Å². The molecule has 2 rings (SSSR count). The molecule has 0 unspecified atom stereocenters. The molecular formula is C11H15N3O. The standard InChI is InChI=1S/C11H15N3O/c15-13-9-14-7-3-11(4-8-14)10-1-5-12-6-2-10/h1-2,5-6,11H,3-4,7-9H2. The highest BCUT2D eigenvalue weighted by molar-refractivity contribution is 5.16. The first-order valence-electron chi connectivity index (χ1n) is 5.31. The van der Waals surface area contributed by atoms with Crippen LogP contribution in [0.2, 0.25) is 0 Å². The van der Waals surface area contributed by atoms with Crippen LogP contribution in [-0.2, 0) is 0 Å². The van der Waals surface area contributed by atoms with Crippen molar-refractivity contribution in [1.29, 1.82) is 0 Å². The Hall–Kier alpha value is -1.29. The number of pyridine rings is 1. The van der Waals surface area contributed by atoms with Gasteiger partial charge in [0.05, 0.1) is 0 Å². The molecule has 1 aliphatic heterocycles. The van der Waals surface area contributed by atoms with Gasteiger partial charge in [-0.3, -0.25) is 9.88 Å². The maximum absolute atomic E-state index is 10.1. The van der Waals surface area contributed by atoms with Crippen molar-refractivity contribution in [2.45, 2.75) is 18.8 Å². The molecule has 1 fully saturated rings. The van der Waals surface area contributed by atoms with E-state index < -0.39 is 0 Å². The molecule has 1 aromatic rings. The summed E-state index contributed by atoms with van der Waals surface area (Å²) in [5.41, 5.74) is 1.36. The fourth-order valence-electron chi connectivity index (χ4n) is 2.12. The van der Waals surface area contributed by atoms with Crippen LogP contribution >= 0.6 is 0 Å². The first-order chi connectivity index (χ1) is 7.40. The van der Waals surface area contributed by atoms with Crippen molar-refractivity contribution in [2.24, 2.45) is 5.18 Å². The molecular weight excluding hydrogens is 190 g/mol. The van der Waals surface area contributed by atoms with E-state index in [0.717, 1.165) is 25.9 Å². The molecule has 0 aromatic carbocycles. The lowest BCUT2D eigenvalue weighted by Gasteiger charge is -2.30. The van der Waals surface area contributed by atoms with Gasteiger partial charge in [-0.05, 0) is 36.5 Å². The number of hydrogen-bond acceptors (Lipinski definition) is 4. The second kappa shape index (κ2) is 4.98. The van der Waals surface area contributed by atoms with Crippen molar-refractivity contribution < 1.29 is 0 Å². The molecule has 0 N–H and O–H groups in total. The highest BCUT2D eigenvalue weighted by Crippen LogP contribution is 2.27. The Labute approximate surface area is 89.3 Å². The molecule has 1 aromatic heterocycles. The number of likely N-dealkylation sites (tertiary alicyclic amines) is 1. The fraction of sp³-hybridized carbons (Fsp3) is 0.545. The quantitative estimate of drug-likeness (QED) is 0.709. The molecule has 0 aliphatic carbocycles. The van der Waals surface area contributed by atoms with Gasteiger partial charge in [-0.1, -0.05) is 5.18 Å². The fourth-order valence-corrected chi connectivity index (χ4v) is 2.12. The van der Waals surface area contributed by atoms with Gasteiger partial charge >= 0.3 is 0 Å². The van der Waals surface area contributed by atoms with Crippen LogP contribution in [0.15, 0.2) is 29.7 Å². The number of aromatic nitrogens is 1. The highest BCUT2D eigenvalue weighted by Gasteiger charge is 2.20. The van der Waals surface area contributed by atoms with E-state index in [-0.39, 0.29) is 0 Å². The SMILES string of the molecule is O=NCN1CCC(c2ccncc2)CC1. The first-order valence-corrected chi connectivity index (χ1v) is 5.31. The molecule has 15 heavy (non-hydrogen) atoms. The number of rotatable bonds is 3. The third-order valence-corrected chi connectivity index (χ3v) is 3.02. The van der Waals surface area contributed by atoms with E-state index in [1.807, 2.05) is 12.4 Å². The Morgan fingerprint density at radius 2 is 2.00 bits per heavy atom. The summed E-state index contributed by atoms with van der Waals surface area (Å²) in [6.07, 6.45) is 5.91. The van der Waals surface area contributed by atoms with Crippen molar-refractivity contribution in [2.75, 3.05) is 19.8 Å². The summed E-state index contributed by atoms with van der Waals surface area (Å²) in [7, 11) is 0. The number of hydrogen-bond donors (Lipinski definition) is 0. The molecule has 0 amide bonds. The maximum Gasteiger partial charge on any atom is 0.134 e. The molecule has 0 saturated carbocycles. The first kappa shape index (κ1) is 10.2. The second-order valence-corrected chi connectivity index (χ2v) is 3.94. The topological polar surface area (TPSA) is 45.6 Å². The van der Waals surface area contributed by atoms with Crippen LogP contribution in [0.25, 0.3) is 0 Å². The van der Waals surface area contributed by atoms with Gasteiger partial charge in [-0.2, -0.15) is 0 Å². The normalized spacial score (nSPS) is 18.9. The van der Waals surface area contributed by atoms with Crippen molar-refractivity contribution in [3.63, 3.8) is 0 Å². The van der Waals surface area contributed by atoms with E-state index in [4.69, 9.17) is 0 Å². The van der Waals surface area contributed by atoms with Crippen LogP contribution in [0.5, 0.6) is 0 Å². The Bertz CT molecular complexity index is 307. The van der Waals surface area contributed by atoms with Crippen LogP contribution in [0.4, 0.5) is 0 Å². The van der Waals surface area contributed by atoms with Gasteiger partial charge in [-0.25, -0.2) is 0 Å². The number of nitroso groups, excluding NO2 is 1. The van der Waals surface area contributed by atoms with E-state index in [1.54, 1.807) is 0 Å². The molecule has 0 bridgehead atoms. The minimum atomic E-state index is 0.336. The van der Waals surface area contributed by atoms with Gasteiger partial charge in [-0.15, -0.1) is 4.91 Å². The average molecular weight is 205 g/mol. The molecule has 0 atom stereocenters. The van der Waals surface area contributed by atoms with Gasteiger partial charge in [0, 0.05) is 25.5 Å². The van der Waals surface area contributed by atoms with Crippen LogP contribution in [0.1, 0.15) is 24.3 Å². The Morgan fingerprint density at radius 3 is 2.60 bits per heavy atom. The monoisotopic (exact) mass is 205 g/mol. The van der Waals surface area contributed by atoms with Gasteiger partial charge in [0.2, 0.25) is 0 Å². The number of piperidine rings is 1. The minimum Gasteiger partial charge on any atom is -0.281 e.